The van der Waals surface area contributed by atoms with E-state index in [1.807, 2.05) is 23.3 Å². The van der Waals surface area contributed by atoms with E-state index in [-0.39, 0.29) is 0 Å². The van der Waals surface area contributed by atoms with Gasteiger partial charge in [0.15, 0.2) is 0 Å². The average molecular weight is 170 g/mol. The molecule has 0 N–H and O–H groups in total. The molecule has 11 heavy (non-hydrogen) atoms. The van der Waals surface area contributed by atoms with Gasteiger partial charge in [-0.2, -0.15) is 0 Å². The third kappa shape index (κ3) is 0.988. The minimum atomic E-state index is 0.791. The van der Waals surface area contributed by atoms with E-state index in [4.69, 9.17) is 16.4 Å². The van der Waals surface area contributed by atoms with Crippen molar-refractivity contribution in [2.24, 2.45) is 0 Å². The molecule has 0 fully saturated rings. The van der Waals surface area contributed by atoms with Crippen molar-refractivity contribution < 1.29 is 4.84 Å². The maximum atomic E-state index is 5.78. The Bertz CT molecular complexity index is 287. The van der Waals surface area contributed by atoms with Crippen LogP contribution < -0.4 is 5.06 Å². The number of hydroxylamine groups is 1. The first kappa shape index (κ1) is 6.95. The summed E-state index contributed by atoms with van der Waals surface area (Å²) in [6.45, 7) is 0.840. The summed E-state index contributed by atoms with van der Waals surface area (Å²) in [6, 6.07) is 5.79. The van der Waals surface area contributed by atoms with E-state index in [0.717, 1.165) is 17.3 Å². The van der Waals surface area contributed by atoms with Crippen molar-refractivity contribution >= 4 is 17.3 Å². The van der Waals surface area contributed by atoms with E-state index in [1.165, 1.54) is 5.56 Å². The molecule has 0 amide bonds. The van der Waals surface area contributed by atoms with Gasteiger partial charge in [0.2, 0.25) is 0 Å². The van der Waals surface area contributed by atoms with Gasteiger partial charge < -0.3 is 0 Å². The van der Waals surface area contributed by atoms with Gasteiger partial charge in [-0.05, 0) is 18.2 Å². The van der Waals surface area contributed by atoms with Crippen LogP contribution in [0.25, 0.3) is 0 Å². The van der Waals surface area contributed by atoms with Crippen LogP contribution in [0.5, 0.6) is 0 Å². The molecule has 0 atom stereocenters. The van der Waals surface area contributed by atoms with Gasteiger partial charge in [-0.1, -0.05) is 11.6 Å². The van der Waals surface area contributed by atoms with Crippen LogP contribution in [0.4, 0.5) is 5.69 Å². The molecular weight excluding hydrogens is 162 g/mol. The van der Waals surface area contributed by atoms with Gasteiger partial charge in [-0.3, -0.25) is 4.84 Å². The summed E-state index contributed by atoms with van der Waals surface area (Å²) in [4.78, 5) is 5.04. The van der Waals surface area contributed by atoms with Crippen molar-refractivity contribution in [3.8, 4) is 0 Å². The van der Waals surface area contributed by atoms with Gasteiger partial charge in [0.05, 0.1) is 19.3 Å². The van der Waals surface area contributed by atoms with Crippen LogP contribution in [0.2, 0.25) is 5.02 Å². The molecule has 1 aromatic carbocycles. The van der Waals surface area contributed by atoms with Gasteiger partial charge in [0.1, 0.15) is 0 Å². The fraction of sp³-hybridized carbons (Fsp3) is 0.250. The summed E-state index contributed by atoms with van der Waals surface area (Å²) < 4.78 is 0. The first-order valence-electron chi connectivity index (χ1n) is 3.41. The topological polar surface area (TPSA) is 12.5 Å². The second-order valence-electron chi connectivity index (χ2n) is 2.49. The van der Waals surface area contributed by atoms with E-state index in [9.17, 15) is 0 Å². The second kappa shape index (κ2) is 2.40. The first-order chi connectivity index (χ1) is 5.31. The highest BCUT2D eigenvalue weighted by atomic mass is 35.5. The SMILES string of the molecule is CON1Cc2cc(Cl)ccc21. The Kier molecular flexibility index (Phi) is 1.51. The lowest BCUT2D eigenvalue weighted by Crippen LogP contribution is -2.30. The van der Waals surface area contributed by atoms with Gasteiger partial charge in [0, 0.05) is 10.6 Å². The first-order valence-corrected chi connectivity index (χ1v) is 3.79. The predicted molar refractivity (Wildman–Crippen MR) is 44.6 cm³/mol. The van der Waals surface area contributed by atoms with Crippen LogP contribution in [0.1, 0.15) is 5.56 Å². The highest BCUT2D eigenvalue weighted by molar-refractivity contribution is 6.30. The minimum Gasteiger partial charge on any atom is -0.276 e. The smallest absolute Gasteiger partial charge is 0.0727 e. The number of hydrogen-bond donors (Lipinski definition) is 0. The van der Waals surface area contributed by atoms with E-state index in [1.54, 1.807) is 7.11 Å². The van der Waals surface area contributed by atoms with Gasteiger partial charge in [0.25, 0.3) is 0 Å². The fourth-order valence-electron chi connectivity index (χ4n) is 1.24. The molecule has 0 saturated heterocycles. The highest BCUT2D eigenvalue weighted by Gasteiger charge is 2.21. The van der Waals surface area contributed by atoms with Crippen molar-refractivity contribution in [2.75, 3.05) is 12.2 Å². The van der Waals surface area contributed by atoms with E-state index >= 15 is 0 Å². The molecule has 0 radical (unpaired) electrons. The highest BCUT2D eigenvalue weighted by Crippen LogP contribution is 2.34. The summed E-state index contributed by atoms with van der Waals surface area (Å²) in [5.41, 5.74) is 2.37. The van der Waals surface area contributed by atoms with Crippen LogP contribution in [0.15, 0.2) is 18.2 Å². The van der Waals surface area contributed by atoms with Gasteiger partial charge in [-0.15, -0.1) is 0 Å². The van der Waals surface area contributed by atoms with Crippen LogP contribution in [0, 0.1) is 0 Å². The van der Waals surface area contributed by atoms with Crippen LogP contribution in [0.3, 0.4) is 0 Å². The maximum absolute atomic E-state index is 5.78. The summed E-state index contributed by atoms with van der Waals surface area (Å²) >= 11 is 5.78. The fourth-order valence-corrected chi connectivity index (χ4v) is 1.43. The van der Waals surface area contributed by atoms with Crippen molar-refractivity contribution in [1.29, 1.82) is 0 Å². The van der Waals surface area contributed by atoms with E-state index < -0.39 is 0 Å². The summed E-state index contributed by atoms with van der Waals surface area (Å²) in [6.07, 6.45) is 0. The van der Waals surface area contributed by atoms with E-state index in [2.05, 4.69) is 0 Å². The Hall–Kier alpha value is -0.730. The largest absolute Gasteiger partial charge is 0.276 e. The number of anilines is 1. The molecular formula is C8H8ClNO. The Morgan fingerprint density at radius 3 is 3.00 bits per heavy atom. The third-order valence-corrected chi connectivity index (χ3v) is 2.08. The molecule has 1 aliphatic rings. The molecule has 0 saturated carbocycles. The Morgan fingerprint density at radius 2 is 2.36 bits per heavy atom. The predicted octanol–water partition coefficient (Wildman–Crippen LogP) is 2.22. The Morgan fingerprint density at radius 1 is 1.55 bits per heavy atom. The van der Waals surface area contributed by atoms with Crippen LogP contribution in [-0.4, -0.2) is 7.11 Å². The molecule has 0 bridgehead atoms. The lowest BCUT2D eigenvalue weighted by Gasteiger charge is -2.33. The van der Waals surface area contributed by atoms with Crippen molar-refractivity contribution in [3.63, 3.8) is 0 Å². The maximum Gasteiger partial charge on any atom is 0.0727 e. The molecule has 3 heteroatoms. The van der Waals surface area contributed by atoms with Gasteiger partial charge >= 0.3 is 0 Å². The lowest BCUT2D eigenvalue weighted by molar-refractivity contribution is 0.148. The summed E-state index contributed by atoms with van der Waals surface area (Å²) in [5, 5.41) is 2.62. The van der Waals surface area contributed by atoms with Crippen molar-refractivity contribution in [1.82, 2.24) is 0 Å². The molecule has 58 valence electrons. The number of fused-ring (bicyclic) bond motifs is 1. The molecule has 2 rings (SSSR count). The zero-order valence-electron chi connectivity index (χ0n) is 6.17. The molecule has 0 aliphatic carbocycles. The van der Waals surface area contributed by atoms with Crippen molar-refractivity contribution in [2.45, 2.75) is 6.54 Å². The molecule has 1 heterocycles. The van der Waals surface area contributed by atoms with Gasteiger partial charge in [-0.25, -0.2) is 5.06 Å². The Labute approximate surface area is 70.3 Å². The van der Waals surface area contributed by atoms with E-state index in [0.29, 0.717) is 0 Å². The molecule has 1 aliphatic heterocycles. The van der Waals surface area contributed by atoms with Crippen LogP contribution >= 0.6 is 11.6 Å². The number of halogens is 1. The zero-order chi connectivity index (χ0) is 7.84. The average Bonchev–Trinajstić information content (AvgIpc) is 1.95. The number of hydrogen-bond acceptors (Lipinski definition) is 2. The molecule has 0 spiro atoms. The zero-order valence-corrected chi connectivity index (χ0v) is 6.93. The number of nitrogens with zero attached hydrogens (tertiary/aromatic N) is 1. The van der Waals surface area contributed by atoms with Crippen LogP contribution in [-0.2, 0) is 11.4 Å². The quantitative estimate of drug-likeness (QED) is 0.639. The number of rotatable bonds is 1. The normalized spacial score (nSPS) is 14.2. The third-order valence-electron chi connectivity index (χ3n) is 1.84. The summed E-state index contributed by atoms with van der Waals surface area (Å²) in [5.74, 6) is 0. The standard InChI is InChI=1S/C8H8ClNO/c1-11-10-5-6-4-7(9)2-3-8(6)10/h2-4H,5H2,1H3. The molecule has 0 unspecified atom stereocenters. The lowest BCUT2D eigenvalue weighted by atomic mass is 10.1. The summed E-state index contributed by atoms with van der Waals surface area (Å²) in [7, 11) is 1.66. The second-order valence-corrected chi connectivity index (χ2v) is 2.93. The molecule has 1 aromatic rings. The minimum absolute atomic E-state index is 0.791. The Balaban J connectivity index is 2.35. The molecule has 2 nitrogen and oxygen atoms in total. The molecule has 0 aromatic heterocycles. The monoisotopic (exact) mass is 169 g/mol. The number of benzene rings is 1. The van der Waals surface area contributed by atoms with Crippen molar-refractivity contribution in [3.05, 3.63) is 28.8 Å².